The molecule has 6 nitrogen and oxygen atoms in total. The van der Waals surface area contributed by atoms with Crippen molar-refractivity contribution in [3.05, 3.63) is 30.1 Å². The topological polar surface area (TPSA) is 81.7 Å². The van der Waals surface area contributed by atoms with Crippen molar-refractivity contribution in [3.63, 3.8) is 0 Å². The quantitative estimate of drug-likeness (QED) is 0.567. The zero-order valence-corrected chi connectivity index (χ0v) is 18.7. The smallest absolute Gasteiger partial charge is 0.261 e. The van der Waals surface area contributed by atoms with Crippen molar-refractivity contribution in [1.82, 2.24) is 14.9 Å². The molecule has 0 amide bonds. The lowest BCUT2D eigenvalue weighted by molar-refractivity contribution is -0.0616. The van der Waals surface area contributed by atoms with Crippen molar-refractivity contribution in [2.75, 3.05) is 19.6 Å². The first-order chi connectivity index (χ1) is 15.0. The van der Waals surface area contributed by atoms with Crippen molar-refractivity contribution in [3.8, 4) is 0 Å². The number of nitrogens with zero attached hydrogens (tertiary/aromatic N) is 1. The number of β-amino-alcohol motifs (C(OH)–C–C–N with tert-alkyl or cyclic N) is 1. The molecule has 3 unspecified atom stereocenters. The number of nitrogens with one attached hydrogen (secondary N) is 2. The van der Waals surface area contributed by atoms with Gasteiger partial charge < -0.3 is 10.4 Å². The molecule has 3 N–H and O–H groups in total. The fraction of sp³-hybridized carbons (Fsp3) is 0.727. The summed E-state index contributed by atoms with van der Waals surface area (Å²) in [6, 6.07) is 4.82. The lowest BCUT2D eigenvalue weighted by Crippen LogP contribution is -2.69. The molecule has 178 valence electrons. The number of aliphatic hydroxyl groups excluding tert-OH is 1. The summed E-state index contributed by atoms with van der Waals surface area (Å²) in [4.78, 5) is 1.45. The number of sulfonamides is 1. The minimum absolute atomic E-state index is 0.0436. The molecule has 10 heteroatoms. The Kier molecular flexibility index (Phi) is 5.41. The van der Waals surface area contributed by atoms with Crippen LogP contribution in [0.1, 0.15) is 44.9 Å². The maximum absolute atomic E-state index is 13.5. The molecule has 0 radical (unpaired) electrons. The molecule has 5 fully saturated rings. The van der Waals surface area contributed by atoms with Crippen LogP contribution in [-0.4, -0.2) is 61.3 Å². The minimum Gasteiger partial charge on any atom is -0.377 e. The Morgan fingerprint density at radius 1 is 1.09 bits per heavy atom. The fourth-order valence-corrected chi connectivity index (χ4v) is 8.42. The molecule has 1 heterocycles. The summed E-state index contributed by atoms with van der Waals surface area (Å²) in [7, 11) is -3.81. The zero-order chi connectivity index (χ0) is 22.8. The number of likely N-dealkylation sites (tertiary alicyclic amines) is 1. The summed E-state index contributed by atoms with van der Waals surface area (Å²) in [5, 5.41) is 14.0. The summed E-state index contributed by atoms with van der Waals surface area (Å²) in [6.45, 7) is -0.0959. The molecular weight excluding hydrogens is 443 g/mol. The Morgan fingerprint density at radius 3 is 2.31 bits per heavy atom. The van der Waals surface area contributed by atoms with E-state index in [9.17, 15) is 26.7 Å². The van der Waals surface area contributed by atoms with Crippen molar-refractivity contribution >= 4 is 10.0 Å². The van der Waals surface area contributed by atoms with Gasteiger partial charge in [0.15, 0.2) is 0 Å². The van der Waals surface area contributed by atoms with E-state index in [1.807, 2.05) is 0 Å². The van der Waals surface area contributed by atoms with E-state index < -0.39 is 40.1 Å². The highest BCUT2D eigenvalue weighted by Gasteiger charge is 2.58. The Bertz CT molecular complexity index is 958. The third kappa shape index (κ3) is 4.32. The molecule has 4 saturated carbocycles. The molecule has 5 aliphatic rings. The van der Waals surface area contributed by atoms with Gasteiger partial charge in [0.1, 0.15) is 12.0 Å². The van der Waals surface area contributed by atoms with Crippen LogP contribution in [0, 0.1) is 17.7 Å². The number of aliphatic hydroxyl groups is 1. The number of halogens is 3. The first-order valence-corrected chi connectivity index (χ1v) is 12.8. The van der Waals surface area contributed by atoms with Crippen LogP contribution in [0.5, 0.6) is 0 Å². The molecule has 4 bridgehead atoms. The van der Waals surface area contributed by atoms with E-state index in [2.05, 4.69) is 10.0 Å². The Morgan fingerprint density at radius 2 is 1.72 bits per heavy atom. The number of alkyl halides is 2. The monoisotopic (exact) mass is 473 g/mol. The maximum atomic E-state index is 13.5. The van der Waals surface area contributed by atoms with Gasteiger partial charge in [-0.3, -0.25) is 4.90 Å². The van der Waals surface area contributed by atoms with Crippen molar-refractivity contribution in [1.29, 1.82) is 0 Å². The van der Waals surface area contributed by atoms with E-state index >= 15 is 0 Å². The third-order valence-corrected chi connectivity index (χ3v) is 9.41. The van der Waals surface area contributed by atoms with Gasteiger partial charge >= 0.3 is 0 Å². The molecule has 3 atom stereocenters. The number of hydrogen-bond acceptors (Lipinski definition) is 5. The summed E-state index contributed by atoms with van der Waals surface area (Å²) in [5.74, 6) is -2.51. The van der Waals surface area contributed by atoms with Gasteiger partial charge in [0, 0.05) is 30.6 Å². The van der Waals surface area contributed by atoms with Crippen LogP contribution in [0.3, 0.4) is 0 Å². The Labute approximate surface area is 186 Å². The standard InChI is InChI=1S/C22H30F3N3O3S/c23-17-1-3-18(4-2-17)32(30,31)27-21-10-15-7-16(11-21)9-20(8-15,13-21)26-12-19(29)28-6-5-22(24,25)14-28/h1-4,15-16,19,26-27,29H,5-14H2. The van der Waals surface area contributed by atoms with E-state index in [1.54, 1.807) is 0 Å². The second kappa shape index (κ2) is 7.66. The maximum Gasteiger partial charge on any atom is 0.261 e. The SMILES string of the molecule is O=S(=O)(NC12CC3CC(CC(NCC(O)N4CCC(F)(F)C4)(C3)C1)C2)c1ccc(F)cc1. The summed E-state index contributed by atoms with van der Waals surface area (Å²) in [6.07, 6.45) is 3.72. The van der Waals surface area contributed by atoms with E-state index in [1.165, 1.54) is 17.0 Å². The predicted octanol–water partition coefficient (Wildman–Crippen LogP) is 2.44. The van der Waals surface area contributed by atoms with E-state index in [0.717, 1.165) is 44.2 Å². The number of rotatable bonds is 7. The second-order valence-corrected chi connectivity index (χ2v) is 12.2. The normalized spacial score (nSPS) is 37.1. The van der Waals surface area contributed by atoms with E-state index in [4.69, 9.17) is 0 Å². The molecule has 1 saturated heterocycles. The van der Waals surface area contributed by atoms with Crippen molar-refractivity contribution in [2.24, 2.45) is 11.8 Å². The van der Waals surface area contributed by atoms with Gasteiger partial charge in [-0.1, -0.05) is 0 Å². The van der Waals surface area contributed by atoms with Crippen LogP contribution < -0.4 is 10.0 Å². The largest absolute Gasteiger partial charge is 0.377 e. The van der Waals surface area contributed by atoms with Gasteiger partial charge in [-0.15, -0.1) is 0 Å². The lowest BCUT2D eigenvalue weighted by atomic mass is 9.50. The molecule has 0 aromatic heterocycles. The van der Waals surface area contributed by atoms with Crippen molar-refractivity contribution < 1.29 is 26.7 Å². The summed E-state index contributed by atoms with van der Waals surface area (Å²) < 4.78 is 69.4. The molecule has 4 aliphatic carbocycles. The summed E-state index contributed by atoms with van der Waals surface area (Å²) in [5.41, 5.74) is -0.908. The van der Waals surface area contributed by atoms with Crippen molar-refractivity contribution in [2.45, 2.75) is 73.1 Å². The predicted molar refractivity (Wildman–Crippen MR) is 112 cm³/mol. The highest BCUT2D eigenvalue weighted by atomic mass is 32.2. The van der Waals surface area contributed by atoms with Crippen LogP contribution in [0.25, 0.3) is 0 Å². The van der Waals surface area contributed by atoms with Gasteiger partial charge in [-0.25, -0.2) is 26.3 Å². The van der Waals surface area contributed by atoms with Gasteiger partial charge in [-0.2, -0.15) is 0 Å². The Balaban J connectivity index is 1.30. The van der Waals surface area contributed by atoms with Crippen LogP contribution in [0.15, 0.2) is 29.2 Å². The fourth-order valence-electron chi connectivity index (χ4n) is 7.00. The van der Waals surface area contributed by atoms with E-state index in [-0.39, 0.29) is 29.9 Å². The van der Waals surface area contributed by atoms with Crippen LogP contribution in [0.4, 0.5) is 13.2 Å². The molecule has 6 rings (SSSR count). The van der Waals surface area contributed by atoms with Gasteiger partial charge in [0.2, 0.25) is 10.0 Å². The molecule has 32 heavy (non-hydrogen) atoms. The molecule has 0 spiro atoms. The average Bonchev–Trinajstić information content (AvgIpc) is 3.04. The Hall–Kier alpha value is -1.20. The molecule has 1 aromatic rings. The van der Waals surface area contributed by atoms with Crippen LogP contribution in [-0.2, 0) is 10.0 Å². The number of hydrogen-bond donors (Lipinski definition) is 3. The molecule has 1 aromatic carbocycles. The van der Waals surface area contributed by atoms with Gasteiger partial charge in [-0.05, 0) is 74.6 Å². The second-order valence-electron chi connectivity index (χ2n) is 10.5. The van der Waals surface area contributed by atoms with Crippen LogP contribution >= 0.6 is 0 Å². The zero-order valence-electron chi connectivity index (χ0n) is 17.9. The first-order valence-electron chi connectivity index (χ1n) is 11.3. The van der Waals surface area contributed by atoms with Gasteiger partial charge in [0.25, 0.3) is 5.92 Å². The highest BCUT2D eigenvalue weighted by Crippen LogP contribution is 2.57. The number of benzene rings is 1. The molecular formula is C22H30F3N3O3S. The average molecular weight is 474 g/mol. The lowest BCUT2D eigenvalue weighted by Gasteiger charge is -2.62. The van der Waals surface area contributed by atoms with Crippen LogP contribution in [0.2, 0.25) is 0 Å². The highest BCUT2D eigenvalue weighted by molar-refractivity contribution is 7.89. The van der Waals surface area contributed by atoms with Gasteiger partial charge in [0.05, 0.1) is 11.4 Å². The van der Waals surface area contributed by atoms with E-state index in [0.29, 0.717) is 18.3 Å². The third-order valence-electron chi connectivity index (χ3n) is 7.82. The minimum atomic E-state index is -3.81. The summed E-state index contributed by atoms with van der Waals surface area (Å²) >= 11 is 0. The molecule has 1 aliphatic heterocycles. The first kappa shape index (κ1) is 22.6.